The molecule has 3 bridgehead atoms. The molecular formula is C19H25NO3. The van der Waals surface area contributed by atoms with Crippen LogP contribution in [0.5, 0.6) is 11.5 Å². The lowest BCUT2D eigenvalue weighted by Crippen LogP contribution is -2.72. The average Bonchev–Trinajstić information content (AvgIpc) is 2.70. The second-order valence-corrected chi connectivity index (χ2v) is 8.01. The van der Waals surface area contributed by atoms with Gasteiger partial charge < -0.3 is 19.5 Å². The van der Waals surface area contributed by atoms with E-state index in [0.717, 1.165) is 56.8 Å². The molecule has 1 aromatic carbocycles. The van der Waals surface area contributed by atoms with Crippen molar-refractivity contribution in [2.45, 2.75) is 49.2 Å². The molecule has 4 atom stereocenters. The van der Waals surface area contributed by atoms with E-state index >= 15 is 0 Å². The topological polar surface area (TPSA) is 41.9 Å². The minimum absolute atomic E-state index is 0.152. The van der Waals surface area contributed by atoms with Gasteiger partial charge in [-0.05, 0) is 63.2 Å². The minimum Gasteiger partial charge on any atom is -0.493 e. The summed E-state index contributed by atoms with van der Waals surface area (Å²) in [4.78, 5) is 2.38. The summed E-state index contributed by atoms with van der Waals surface area (Å²) >= 11 is 0. The first-order valence-corrected chi connectivity index (χ1v) is 8.85. The highest BCUT2D eigenvalue weighted by Gasteiger charge is 2.65. The van der Waals surface area contributed by atoms with E-state index in [1.807, 2.05) is 6.07 Å². The largest absolute Gasteiger partial charge is 0.493 e. The van der Waals surface area contributed by atoms with Crippen molar-refractivity contribution in [1.82, 2.24) is 4.90 Å². The van der Waals surface area contributed by atoms with Gasteiger partial charge >= 0.3 is 0 Å². The van der Waals surface area contributed by atoms with Gasteiger partial charge in [-0.3, -0.25) is 0 Å². The van der Waals surface area contributed by atoms with Crippen LogP contribution in [0.25, 0.3) is 0 Å². The SMILES string of the molecule is COc1ccc2c3c1OC[C@H]1CC[C@]4(O)[C@H](C2)N(C)CC[C@@]34C1. The van der Waals surface area contributed by atoms with Gasteiger partial charge in [-0.25, -0.2) is 0 Å². The molecule has 4 heteroatoms. The summed E-state index contributed by atoms with van der Waals surface area (Å²) in [7, 11) is 3.88. The van der Waals surface area contributed by atoms with E-state index in [9.17, 15) is 5.11 Å². The van der Waals surface area contributed by atoms with Crippen LogP contribution in [0, 0.1) is 5.92 Å². The average molecular weight is 315 g/mol. The van der Waals surface area contributed by atoms with E-state index in [4.69, 9.17) is 9.47 Å². The van der Waals surface area contributed by atoms with Crippen molar-refractivity contribution in [2.24, 2.45) is 5.92 Å². The zero-order valence-corrected chi connectivity index (χ0v) is 14.0. The maximum atomic E-state index is 11.9. The Kier molecular flexibility index (Phi) is 2.71. The van der Waals surface area contributed by atoms with Crippen LogP contribution in [0.3, 0.4) is 0 Å². The van der Waals surface area contributed by atoms with Gasteiger partial charge in [0, 0.05) is 17.0 Å². The van der Waals surface area contributed by atoms with Crippen LogP contribution in [0.2, 0.25) is 0 Å². The molecule has 1 N–H and O–H groups in total. The predicted molar refractivity (Wildman–Crippen MR) is 87.2 cm³/mol. The van der Waals surface area contributed by atoms with E-state index in [2.05, 4.69) is 18.0 Å². The van der Waals surface area contributed by atoms with Gasteiger partial charge in [0.05, 0.1) is 19.3 Å². The molecule has 5 rings (SSSR count). The van der Waals surface area contributed by atoms with Crippen LogP contribution in [-0.2, 0) is 11.8 Å². The van der Waals surface area contributed by atoms with Crippen molar-refractivity contribution < 1.29 is 14.6 Å². The second kappa shape index (κ2) is 4.42. The third-order valence-corrected chi connectivity index (χ3v) is 7.16. The number of likely N-dealkylation sites (N-methyl/N-ethyl adjacent to an activating group) is 1. The molecule has 4 nitrogen and oxygen atoms in total. The molecule has 2 aliphatic heterocycles. The van der Waals surface area contributed by atoms with E-state index < -0.39 is 5.60 Å². The number of hydrogen-bond acceptors (Lipinski definition) is 4. The van der Waals surface area contributed by atoms with Gasteiger partial charge in [-0.15, -0.1) is 0 Å². The summed E-state index contributed by atoms with van der Waals surface area (Å²) in [5.74, 6) is 2.28. The van der Waals surface area contributed by atoms with Crippen molar-refractivity contribution in [1.29, 1.82) is 0 Å². The number of nitrogens with zero attached hydrogens (tertiary/aromatic N) is 1. The quantitative estimate of drug-likeness (QED) is 0.862. The number of benzene rings is 1. The van der Waals surface area contributed by atoms with Gasteiger partial charge in [0.2, 0.25) is 0 Å². The second-order valence-electron chi connectivity index (χ2n) is 8.01. The van der Waals surface area contributed by atoms with Crippen LogP contribution in [0.4, 0.5) is 0 Å². The van der Waals surface area contributed by atoms with Gasteiger partial charge in [0.25, 0.3) is 0 Å². The molecule has 0 unspecified atom stereocenters. The summed E-state index contributed by atoms with van der Waals surface area (Å²) in [5.41, 5.74) is 1.84. The molecule has 2 fully saturated rings. The molecule has 2 heterocycles. The van der Waals surface area contributed by atoms with Crippen molar-refractivity contribution in [3.8, 4) is 11.5 Å². The van der Waals surface area contributed by atoms with Crippen LogP contribution in [0.15, 0.2) is 12.1 Å². The van der Waals surface area contributed by atoms with Crippen molar-refractivity contribution in [3.63, 3.8) is 0 Å². The Balaban J connectivity index is 1.83. The third kappa shape index (κ3) is 1.54. The lowest BCUT2D eigenvalue weighted by Gasteiger charge is -2.63. The predicted octanol–water partition coefficient (Wildman–Crippen LogP) is 2.12. The van der Waals surface area contributed by atoms with E-state index in [-0.39, 0.29) is 11.5 Å². The Morgan fingerprint density at radius 3 is 3.04 bits per heavy atom. The lowest BCUT2D eigenvalue weighted by atomic mass is 9.48. The standard InChI is InChI=1S/C19H25NO3/c1-20-8-7-18-10-12-5-6-19(18,21)15(20)9-13-3-4-14(22-2)17(16(13)18)23-11-12/h3-4,12,15,21H,5-11H2,1-2H3/t12-,15-,18+,19-/m0/s1. The summed E-state index contributed by atoms with van der Waals surface area (Å²) in [6.07, 6.45) is 4.94. The summed E-state index contributed by atoms with van der Waals surface area (Å²) < 4.78 is 11.9. The molecule has 1 saturated carbocycles. The number of rotatable bonds is 1. The first-order chi connectivity index (χ1) is 11.1. The molecule has 4 aliphatic rings. The normalized spacial score (nSPS) is 41.0. The maximum Gasteiger partial charge on any atom is 0.165 e. The van der Waals surface area contributed by atoms with Crippen LogP contribution < -0.4 is 9.47 Å². The Bertz CT molecular complexity index is 675. The fourth-order valence-electron chi connectivity index (χ4n) is 6.05. The molecule has 23 heavy (non-hydrogen) atoms. The van der Waals surface area contributed by atoms with Crippen molar-refractivity contribution in [3.05, 3.63) is 23.3 Å². The van der Waals surface area contributed by atoms with Gasteiger partial charge in [-0.2, -0.15) is 0 Å². The number of piperidine rings is 1. The Hall–Kier alpha value is -1.26. The molecule has 0 amide bonds. The fourth-order valence-corrected chi connectivity index (χ4v) is 6.05. The lowest BCUT2D eigenvalue weighted by molar-refractivity contribution is -0.167. The highest BCUT2D eigenvalue weighted by Crippen LogP contribution is 2.63. The zero-order chi connectivity index (χ0) is 15.8. The first kappa shape index (κ1) is 14.1. The number of methoxy groups -OCH3 is 1. The minimum atomic E-state index is -0.627. The third-order valence-electron chi connectivity index (χ3n) is 7.16. The van der Waals surface area contributed by atoms with Gasteiger partial charge in [-0.1, -0.05) is 6.07 Å². The van der Waals surface area contributed by atoms with Gasteiger partial charge in [0.1, 0.15) is 0 Å². The smallest absolute Gasteiger partial charge is 0.165 e. The molecule has 0 radical (unpaired) electrons. The van der Waals surface area contributed by atoms with Gasteiger partial charge in [0.15, 0.2) is 11.5 Å². The van der Waals surface area contributed by atoms with Crippen LogP contribution in [0.1, 0.15) is 36.8 Å². The van der Waals surface area contributed by atoms with E-state index in [1.54, 1.807) is 7.11 Å². The molecule has 1 spiro atoms. The monoisotopic (exact) mass is 315 g/mol. The summed E-state index contributed by atoms with van der Waals surface area (Å²) in [6.45, 7) is 1.81. The zero-order valence-electron chi connectivity index (χ0n) is 14.0. The van der Waals surface area contributed by atoms with Crippen molar-refractivity contribution in [2.75, 3.05) is 27.3 Å². The Labute approximate surface area is 137 Å². The fraction of sp³-hybridized carbons (Fsp3) is 0.684. The van der Waals surface area contributed by atoms with Crippen LogP contribution >= 0.6 is 0 Å². The highest BCUT2D eigenvalue weighted by molar-refractivity contribution is 5.59. The number of fused-ring (bicyclic) bond motifs is 1. The first-order valence-electron chi connectivity index (χ1n) is 8.85. The highest BCUT2D eigenvalue weighted by atomic mass is 16.5. The maximum absolute atomic E-state index is 11.9. The van der Waals surface area contributed by atoms with Crippen molar-refractivity contribution >= 4 is 0 Å². The Morgan fingerprint density at radius 1 is 1.35 bits per heavy atom. The molecule has 1 saturated heterocycles. The van der Waals surface area contributed by atoms with Crippen LogP contribution in [-0.4, -0.2) is 49.0 Å². The summed E-state index contributed by atoms with van der Waals surface area (Å²) in [6, 6.07) is 4.47. The molecule has 0 aromatic heterocycles. The summed E-state index contributed by atoms with van der Waals surface area (Å²) in [5, 5.41) is 11.9. The number of ether oxygens (including phenoxy) is 2. The Morgan fingerprint density at radius 2 is 2.22 bits per heavy atom. The number of likely N-dealkylation sites (tertiary alicyclic amines) is 1. The molecule has 2 aliphatic carbocycles. The number of hydrogen-bond donors (Lipinski definition) is 1. The number of aliphatic hydroxyl groups is 1. The molecule has 124 valence electrons. The van der Waals surface area contributed by atoms with E-state index in [1.165, 1.54) is 11.1 Å². The van der Waals surface area contributed by atoms with E-state index in [0.29, 0.717) is 5.92 Å². The molecular weight excluding hydrogens is 290 g/mol. The molecule has 1 aromatic rings.